The van der Waals surface area contributed by atoms with Crippen molar-refractivity contribution in [1.29, 1.82) is 0 Å². The molecule has 3 heteroatoms. The fourth-order valence-electron chi connectivity index (χ4n) is 2.01. The van der Waals surface area contributed by atoms with Crippen LogP contribution in [0, 0.1) is 6.92 Å². The van der Waals surface area contributed by atoms with Crippen LogP contribution >= 0.6 is 11.6 Å². The van der Waals surface area contributed by atoms with Crippen LogP contribution in [0.25, 0.3) is 0 Å². The molecule has 0 fully saturated rings. The first-order valence-electron chi connectivity index (χ1n) is 6.22. The van der Waals surface area contributed by atoms with E-state index in [0.717, 1.165) is 29.3 Å². The highest BCUT2D eigenvalue weighted by molar-refractivity contribution is 6.31. The van der Waals surface area contributed by atoms with Gasteiger partial charge in [-0.1, -0.05) is 30.7 Å². The molecular formula is C15H18ClNO. The van der Waals surface area contributed by atoms with Gasteiger partial charge in [-0.25, -0.2) is 0 Å². The fraction of sp³-hybridized carbons (Fsp3) is 0.333. The number of furan rings is 1. The third-order valence-corrected chi connectivity index (χ3v) is 3.44. The molecule has 1 aromatic heterocycles. The van der Waals surface area contributed by atoms with Crippen LogP contribution in [0.1, 0.15) is 29.9 Å². The van der Waals surface area contributed by atoms with Crippen molar-refractivity contribution < 1.29 is 4.42 Å². The zero-order valence-corrected chi connectivity index (χ0v) is 11.5. The zero-order valence-electron chi connectivity index (χ0n) is 10.7. The van der Waals surface area contributed by atoms with Gasteiger partial charge in [-0.15, -0.1) is 0 Å². The van der Waals surface area contributed by atoms with Gasteiger partial charge in [0.2, 0.25) is 0 Å². The second kappa shape index (κ2) is 6.07. The summed E-state index contributed by atoms with van der Waals surface area (Å²) in [6.45, 7) is 5.03. The largest absolute Gasteiger partial charge is 0.469 e. The van der Waals surface area contributed by atoms with Crippen LogP contribution in [0.5, 0.6) is 0 Å². The molecule has 1 heterocycles. The Morgan fingerprint density at radius 3 is 2.78 bits per heavy atom. The molecule has 2 rings (SSSR count). The summed E-state index contributed by atoms with van der Waals surface area (Å²) in [5.41, 5.74) is 2.30. The molecule has 0 bridgehead atoms. The van der Waals surface area contributed by atoms with Crippen molar-refractivity contribution >= 4 is 11.6 Å². The van der Waals surface area contributed by atoms with E-state index in [0.29, 0.717) is 0 Å². The third kappa shape index (κ3) is 3.15. The smallest absolute Gasteiger partial charge is 0.105 e. The molecule has 0 saturated carbocycles. The standard InChI is InChI=1S/C15H18ClNO/c1-3-17-15(10-13-5-4-8-18-13)12-7-6-11(2)14(16)9-12/h4-9,15,17H,3,10H2,1-2H3. The predicted octanol–water partition coefficient (Wildman–Crippen LogP) is 4.13. The van der Waals surface area contributed by atoms with Crippen LogP contribution in [0.4, 0.5) is 0 Å². The van der Waals surface area contributed by atoms with Crippen LogP contribution < -0.4 is 5.32 Å². The number of hydrogen-bond acceptors (Lipinski definition) is 2. The first kappa shape index (κ1) is 13.2. The molecule has 0 spiro atoms. The highest BCUT2D eigenvalue weighted by Gasteiger charge is 2.13. The second-order valence-corrected chi connectivity index (χ2v) is 4.81. The molecule has 1 unspecified atom stereocenters. The van der Waals surface area contributed by atoms with Crippen molar-refractivity contribution in [1.82, 2.24) is 5.32 Å². The maximum Gasteiger partial charge on any atom is 0.105 e. The van der Waals surface area contributed by atoms with Gasteiger partial charge in [-0.3, -0.25) is 0 Å². The van der Waals surface area contributed by atoms with Crippen molar-refractivity contribution in [3.63, 3.8) is 0 Å². The summed E-state index contributed by atoms with van der Waals surface area (Å²) >= 11 is 6.19. The Morgan fingerprint density at radius 1 is 1.33 bits per heavy atom. The molecule has 0 radical (unpaired) electrons. The maximum atomic E-state index is 6.19. The lowest BCUT2D eigenvalue weighted by Crippen LogP contribution is -2.22. The Kier molecular flexibility index (Phi) is 4.45. The summed E-state index contributed by atoms with van der Waals surface area (Å²) < 4.78 is 5.41. The molecule has 96 valence electrons. The average Bonchev–Trinajstić information content (AvgIpc) is 2.85. The van der Waals surface area contributed by atoms with E-state index in [1.807, 2.05) is 25.1 Å². The summed E-state index contributed by atoms with van der Waals surface area (Å²) in [6, 6.07) is 10.4. The molecule has 18 heavy (non-hydrogen) atoms. The Balaban J connectivity index is 2.20. The van der Waals surface area contributed by atoms with Crippen molar-refractivity contribution in [3.8, 4) is 0 Å². The average molecular weight is 264 g/mol. The van der Waals surface area contributed by atoms with Crippen molar-refractivity contribution in [2.75, 3.05) is 6.54 Å². The zero-order chi connectivity index (χ0) is 13.0. The van der Waals surface area contributed by atoms with Gasteiger partial charge in [-0.05, 0) is 42.8 Å². The Hall–Kier alpha value is -1.25. The number of nitrogens with one attached hydrogen (secondary N) is 1. The van der Waals surface area contributed by atoms with Gasteiger partial charge in [0.25, 0.3) is 0 Å². The number of hydrogen-bond donors (Lipinski definition) is 1. The van der Waals surface area contributed by atoms with Gasteiger partial charge in [0.15, 0.2) is 0 Å². The topological polar surface area (TPSA) is 25.2 Å². The molecule has 2 aromatic rings. The Bertz CT molecular complexity index is 493. The van der Waals surface area contributed by atoms with Crippen LogP contribution in [0.2, 0.25) is 5.02 Å². The summed E-state index contributed by atoms with van der Waals surface area (Å²) in [7, 11) is 0. The lowest BCUT2D eigenvalue weighted by molar-refractivity contribution is 0.455. The molecule has 0 aliphatic heterocycles. The Labute approximate surface area is 113 Å². The van der Waals surface area contributed by atoms with E-state index in [1.54, 1.807) is 6.26 Å². The van der Waals surface area contributed by atoms with Crippen molar-refractivity contribution in [2.45, 2.75) is 26.3 Å². The highest BCUT2D eigenvalue weighted by Crippen LogP contribution is 2.24. The molecule has 0 aliphatic rings. The van der Waals surface area contributed by atoms with Gasteiger partial charge in [-0.2, -0.15) is 0 Å². The van der Waals surface area contributed by atoms with Gasteiger partial charge < -0.3 is 9.73 Å². The third-order valence-electron chi connectivity index (χ3n) is 3.03. The van der Waals surface area contributed by atoms with Crippen LogP contribution in [0.3, 0.4) is 0 Å². The molecule has 2 nitrogen and oxygen atoms in total. The molecule has 0 saturated heterocycles. The second-order valence-electron chi connectivity index (χ2n) is 4.40. The lowest BCUT2D eigenvalue weighted by atomic mass is 10.0. The molecular weight excluding hydrogens is 246 g/mol. The minimum atomic E-state index is 0.235. The van der Waals surface area contributed by atoms with Crippen LogP contribution in [-0.2, 0) is 6.42 Å². The minimum absolute atomic E-state index is 0.235. The van der Waals surface area contributed by atoms with Gasteiger partial charge in [0.05, 0.1) is 6.26 Å². The number of aryl methyl sites for hydroxylation is 1. The lowest BCUT2D eigenvalue weighted by Gasteiger charge is -2.18. The van der Waals surface area contributed by atoms with E-state index >= 15 is 0 Å². The first-order valence-corrected chi connectivity index (χ1v) is 6.60. The van der Waals surface area contributed by atoms with Gasteiger partial charge in [0, 0.05) is 17.5 Å². The molecule has 1 aromatic carbocycles. The van der Waals surface area contributed by atoms with Crippen molar-refractivity contribution in [3.05, 3.63) is 58.5 Å². The van der Waals surface area contributed by atoms with E-state index in [2.05, 4.69) is 24.4 Å². The van der Waals surface area contributed by atoms with E-state index < -0.39 is 0 Å². The fourth-order valence-corrected chi connectivity index (χ4v) is 2.20. The first-order chi connectivity index (χ1) is 8.70. The van der Waals surface area contributed by atoms with E-state index in [4.69, 9.17) is 16.0 Å². The van der Waals surface area contributed by atoms with E-state index in [9.17, 15) is 0 Å². The number of halogens is 1. The van der Waals surface area contributed by atoms with E-state index in [-0.39, 0.29) is 6.04 Å². The molecule has 0 amide bonds. The van der Waals surface area contributed by atoms with Crippen LogP contribution in [-0.4, -0.2) is 6.54 Å². The predicted molar refractivity (Wildman–Crippen MR) is 75.0 cm³/mol. The monoisotopic (exact) mass is 263 g/mol. The normalized spacial score (nSPS) is 12.6. The summed E-state index contributed by atoms with van der Waals surface area (Å²) in [4.78, 5) is 0. The quantitative estimate of drug-likeness (QED) is 0.877. The number of likely N-dealkylation sites (N-methyl/N-ethyl adjacent to an activating group) is 1. The maximum absolute atomic E-state index is 6.19. The van der Waals surface area contributed by atoms with E-state index in [1.165, 1.54) is 5.56 Å². The summed E-state index contributed by atoms with van der Waals surface area (Å²) in [5, 5.41) is 4.28. The number of benzene rings is 1. The highest BCUT2D eigenvalue weighted by atomic mass is 35.5. The Morgan fingerprint density at radius 2 is 2.17 bits per heavy atom. The SMILES string of the molecule is CCNC(Cc1ccco1)c1ccc(C)c(Cl)c1. The van der Waals surface area contributed by atoms with Crippen molar-refractivity contribution in [2.24, 2.45) is 0 Å². The summed E-state index contributed by atoms with van der Waals surface area (Å²) in [5.74, 6) is 0.984. The van der Waals surface area contributed by atoms with Crippen LogP contribution in [0.15, 0.2) is 41.0 Å². The molecule has 0 aliphatic carbocycles. The molecule has 1 N–H and O–H groups in total. The van der Waals surface area contributed by atoms with Gasteiger partial charge >= 0.3 is 0 Å². The molecule has 1 atom stereocenters. The minimum Gasteiger partial charge on any atom is -0.469 e. The van der Waals surface area contributed by atoms with Gasteiger partial charge in [0.1, 0.15) is 5.76 Å². The number of rotatable bonds is 5. The summed E-state index contributed by atoms with van der Waals surface area (Å²) in [6.07, 6.45) is 2.54.